The molecule has 0 radical (unpaired) electrons. The maximum atomic E-state index is 13.8. The predicted molar refractivity (Wildman–Crippen MR) is 139 cm³/mol. The van der Waals surface area contributed by atoms with Gasteiger partial charge in [0.1, 0.15) is 16.2 Å². The number of sulfonamides is 2. The monoisotopic (exact) mass is 548 g/mol. The van der Waals surface area contributed by atoms with Crippen molar-refractivity contribution < 1.29 is 26.7 Å². The summed E-state index contributed by atoms with van der Waals surface area (Å²) in [5.74, 6) is 0.126. The number of hydrogen-bond acceptors (Lipinski definition) is 7. The van der Waals surface area contributed by atoms with Crippen LogP contribution in [0.15, 0.2) is 38.8 Å². The molecular weight excluding hydrogens is 516 g/mol. The molecule has 3 saturated carbocycles. The highest BCUT2D eigenvalue weighted by molar-refractivity contribution is 7.93. The van der Waals surface area contributed by atoms with E-state index in [0.29, 0.717) is 31.2 Å². The largest absolute Gasteiger partial charge is 0.511 e. The van der Waals surface area contributed by atoms with E-state index in [4.69, 9.17) is 0 Å². The van der Waals surface area contributed by atoms with Gasteiger partial charge in [0.05, 0.1) is 10.9 Å². The summed E-state index contributed by atoms with van der Waals surface area (Å²) in [4.78, 5) is 15.4. The van der Waals surface area contributed by atoms with Gasteiger partial charge in [0.15, 0.2) is 5.84 Å². The molecule has 2 bridgehead atoms. The van der Waals surface area contributed by atoms with Gasteiger partial charge in [0, 0.05) is 24.2 Å². The first-order valence-corrected chi connectivity index (χ1v) is 16.0. The van der Waals surface area contributed by atoms with E-state index in [0.717, 1.165) is 25.7 Å². The van der Waals surface area contributed by atoms with E-state index in [1.165, 1.54) is 18.2 Å². The third kappa shape index (κ3) is 4.12. The summed E-state index contributed by atoms with van der Waals surface area (Å²) in [6, 6.07) is 4.09. The summed E-state index contributed by atoms with van der Waals surface area (Å²) in [6.07, 6.45) is 4.94. The molecule has 0 unspecified atom stereocenters. The number of aliphatic hydroxyl groups is 1. The van der Waals surface area contributed by atoms with Crippen LogP contribution in [0.25, 0.3) is 0 Å². The van der Waals surface area contributed by atoms with Crippen LogP contribution in [-0.2, 0) is 24.8 Å². The molecule has 0 saturated heterocycles. The molecule has 12 heteroatoms. The minimum Gasteiger partial charge on any atom is -0.511 e. The van der Waals surface area contributed by atoms with Crippen LogP contribution in [0.5, 0.6) is 0 Å². The number of anilines is 2. The highest BCUT2D eigenvalue weighted by Gasteiger charge is 2.57. The van der Waals surface area contributed by atoms with E-state index < -0.39 is 31.2 Å². The minimum absolute atomic E-state index is 0.0658. The molecule has 4 atom stereocenters. The molecule has 2 aliphatic heterocycles. The molecule has 6 rings (SSSR count). The van der Waals surface area contributed by atoms with Crippen molar-refractivity contribution in [2.24, 2.45) is 28.1 Å². The summed E-state index contributed by atoms with van der Waals surface area (Å²) in [7, 11) is -7.84. The standard InChI is InChI=1S/C25H32N4O6S2/c1-13(2)9-10-29-22-15-4-3-14(11-15)20(22)23(30)21(25(29)31)24-26-18-8-5-16(12-19(18)37(34,35)28-24)27-36(32,33)17-6-7-17/h5,8,12-15,17,20,22,27,30H,3-4,6-7,9-11H2,1-2H3,(H,26,28)/t14-,15-,20+,22-/m0/s1. The number of benzene rings is 1. The van der Waals surface area contributed by atoms with Gasteiger partial charge in [-0.2, -0.15) is 8.42 Å². The van der Waals surface area contributed by atoms with Crippen LogP contribution >= 0.6 is 0 Å². The second-order valence-electron chi connectivity index (χ2n) is 11.4. The molecule has 1 amide bonds. The molecule has 3 N–H and O–H groups in total. The zero-order valence-electron chi connectivity index (χ0n) is 20.8. The molecule has 5 aliphatic rings. The van der Waals surface area contributed by atoms with Gasteiger partial charge in [-0.25, -0.2) is 8.42 Å². The first kappa shape index (κ1) is 24.7. The van der Waals surface area contributed by atoms with Crippen molar-refractivity contribution in [1.29, 1.82) is 0 Å². The first-order valence-electron chi connectivity index (χ1n) is 13.0. The van der Waals surface area contributed by atoms with Crippen LogP contribution in [0.1, 0.15) is 52.4 Å². The fourth-order valence-corrected chi connectivity index (χ4v) is 9.00. The first-order chi connectivity index (χ1) is 17.5. The molecule has 2 heterocycles. The second kappa shape index (κ2) is 8.45. The summed E-state index contributed by atoms with van der Waals surface area (Å²) in [5, 5.41) is 13.9. The number of rotatable bonds is 7. The van der Waals surface area contributed by atoms with Crippen molar-refractivity contribution in [2.75, 3.05) is 16.6 Å². The topological polar surface area (TPSA) is 145 Å². The van der Waals surface area contributed by atoms with Crippen molar-refractivity contribution in [3.63, 3.8) is 0 Å². The van der Waals surface area contributed by atoms with E-state index in [1.54, 1.807) is 0 Å². The summed E-state index contributed by atoms with van der Waals surface area (Å²) in [5.41, 5.74) is 0.233. The van der Waals surface area contributed by atoms with E-state index in [-0.39, 0.29) is 51.3 Å². The van der Waals surface area contributed by atoms with Gasteiger partial charge < -0.3 is 15.3 Å². The van der Waals surface area contributed by atoms with E-state index >= 15 is 0 Å². The minimum atomic E-state index is -4.27. The number of nitrogens with one attached hydrogen (secondary N) is 2. The Balaban J connectivity index is 1.36. The van der Waals surface area contributed by atoms with Gasteiger partial charge in [0.25, 0.3) is 15.9 Å². The van der Waals surface area contributed by atoms with Gasteiger partial charge in [-0.05, 0) is 74.5 Å². The SMILES string of the molecule is CC(C)CCN1C(=O)C(C2=NS(=O)(=O)c3cc(NS(=O)(=O)C4CC4)ccc3N2)=C(O)[C@@H]2[C@H]3CC[C@@H](C3)[C@@H]21. The molecule has 0 spiro atoms. The maximum Gasteiger partial charge on any atom is 0.286 e. The van der Waals surface area contributed by atoms with Crippen molar-refractivity contribution in [3.05, 3.63) is 29.5 Å². The quantitative estimate of drug-likeness (QED) is 0.474. The average Bonchev–Trinajstić information content (AvgIpc) is 3.49. The van der Waals surface area contributed by atoms with Gasteiger partial charge in [0.2, 0.25) is 10.0 Å². The zero-order valence-corrected chi connectivity index (χ0v) is 22.5. The van der Waals surface area contributed by atoms with E-state index in [9.17, 15) is 26.7 Å². The molecule has 200 valence electrons. The summed E-state index contributed by atoms with van der Waals surface area (Å²) in [6.45, 7) is 4.73. The predicted octanol–water partition coefficient (Wildman–Crippen LogP) is 3.22. The smallest absolute Gasteiger partial charge is 0.286 e. The van der Waals surface area contributed by atoms with E-state index in [2.05, 4.69) is 28.3 Å². The second-order valence-corrected chi connectivity index (χ2v) is 14.9. The third-order valence-corrected chi connectivity index (χ3v) is 11.6. The lowest BCUT2D eigenvalue weighted by molar-refractivity contribution is -0.133. The van der Waals surface area contributed by atoms with Crippen LogP contribution in [0, 0.1) is 23.7 Å². The molecule has 0 aromatic heterocycles. The van der Waals surface area contributed by atoms with Crippen molar-refractivity contribution in [3.8, 4) is 0 Å². The number of carbonyl (C=O) groups is 1. The number of aliphatic hydroxyl groups excluding tert-OH is 1. The summed E-state index contributed by atoms with van der Waals surface area (Å²) < 4.78 is 57.4. The Morgan fingerprint density at radius 2 is 1.92 bits per heavy atom. The van der Waals surface area contributed by atoms with Crippen molar-refractivity contribution >= 4 is 43.2 Å². The molecular formula is C25H32N4O6S2. The lowest BCUT2D eigenvalue weighted by Crippen LogP contribution is -2.54. The number of nitrogens with zero attached hydrogens (tertiary/aromatic N) is 2. The van der Waals surface area contributed by atoms with Crippen LogP contribution in [0.3, 0.4) is 0 Å². The zero-order chi connectivity index (χ0) is 26.3. The number of hydrogen-bond donors (Lipinski definition) is 3. The molecule has 10 nitrogen and oxygen atoms in total. The van der Waals surface area contributed by atoms with Crippen molar-refractivity contribution in [1.82, 2.24) is 4.90 Å². The molecule has 1 aromatic rings. The Hall–Kier alpha value is -2.60. The normalized spacial score (nSPS) is 30.2. The van der Waals surface area contributed by atoms with Crippen LogP contribution in [0.4, 0.5) is 11.4 Å². The lowest BCUT2D eigenvalue weighted by atomic mass is 9.77. The maximum absolute atomic E-state index is 13.8. The Bertz CT molecular complexity index is 1450. The highest BCUT2D eigenvalue weighted by atomic mass is 32.2. The Morgan fingerprint density at radius 3 is 2.62 bits per heavy atom. The number of carbonyl (C=O) groups excluding carboxylic acids is 1. The molecule has 3 fully saturated rings. The number of amidine groups is 1. The molecule has 3 aliphatic carbocycles. The Kier molecular flexibility index (Phi) is 5.65. The summed E-state index contributed by atoms with van der Waals surface area (Å²) >= 11 is 0. The Labute approximate surface area is 217 Å². The third-order valence-electron chi connectivity index (χ3n) is 8.41. The number of fused-ring (bicyclic) bond motifs is 6. The molecule has 37 heavy (non-hydrogen) atoms. The average molecular weight is 549 g/mol. The van der Waals surface area contributed by atoms with Crippen LogP contribution < -0.4 is 10.0 Å². The van der Waals surface area contributed by atoms with Crippen LogP contribution in [0.2, 0.25) is 0 Å². The highest BCUT2D eigenvalue weighted by Crippen LogP contribution is 2.55. The van der Waals surface area contributed by atoms with Gasteiger partial charge in [-0.3, -0.25) is 9.52 Å². The van der Waals surface area contributed by atoms with Crippen molar-refractivity contribution in [2.45, 2.75) is 68.6 Å². The fraction of sp³-hybridized carbons (Fsp3) is 0.600. The number of amides is 1. The molecule has 1 aromatic carbocycles. The van der Waals surface area contributed by atoms with Crippen LogP contribution in [-0.4, -0.2) is 56.4 Å². The van der Waals surface area contributed by atoms with Gasteiger partial charge in [-0.15, -0.1) is 4.40 Å². The lowest BCUT2D eigenvalue weighted by Gasteiger charge is -2.44. The Morgan fingerprint density at radius 1 is 1.19 bits per heavy atom. The fourth-order valence-electron chi connectivity index (χ4n) is 6.48. The van der Waals surface area contributed by atoms with E-state index in [1.807, 2.05) is 4.90 Å². The van der Waals surface area contributed by atoms with Gasteiger partial charge >= 0.3 is 0 Å². The van der Waals surface area contributed by atoms with Gasteiger partial charge in [-0.1, -0.05) is 13.8 Å².